The molecule has 0 amide bonds. The first-order valence-corrected chi connectivity index (χ1v) is 6.08. The van der Waals surface area contributed by atoms with E-state index in [-0.39, 0.29) is 5.82 Å². The van der Waals surface area contributed by atoms with Gasteiger partial charge < -0.3 is 4.90 Å². The van der Waals surface area contributed by atoms with E-state index in [0.717, 1.165) is 43.6 Å². The van der Waals surface area contributed by atoms with Crippen LogP contribution in [0.15, 0.2) is 24.3 Å². The van der Waals surface area contributed by atoms with Crippen LogP contribution in [-0.2, 0) is 0 Å². The van der Waals surface area contributed by atoms with Crippen LogP contribution in [0, 0.1) is 5.82 Å². The number of carbonyl (C=O) groups excluding carboxylic acids is 1. The van der Waals surface area contributed by atoms with Gasteiger partial charge in [0.25, 0.3) is 0 Å². The molecule has 1 aliphatic rings. The maximum absolute atomic E-state index is 13.1. The van der Waals surface area contributed by atoms with Gasteiger partial charge in [-0.2, -0.15) is 0 Å². The Labute approximate surface area is 104 Å². The number of rotatable bonds is 2. The van der Waals surface area contributed by atoms with Crippen molar-refractivity contribution in [2.45, 2.75) is 12.8 Å². The molecule has 3 nitrogen and oxygen atoms in total. The van der Waals surface area contributed by atoms with Gasteiger partial charge >= 0.3 is 0 Å². The number of benzene rings is 1. The molecule has 0 spiro atoms. The van der Waals surface area contributed by atoms with Crippen molar-refractivity contribution < 1.29 is 9.18 Å². The van der Waals surface area contributed by atoms with Gasteiger partial charge in [0.05, 0.1) is 11.1 Å². The SMILES string of the molecule is O=Cc1cc2cc(F)ccc2nc1N1CCCC1. The topological polar surface area (TPSA) is 33.2 Å². The van der Waals surface area contributed by atoms with Crippen molar-refractivity contribution in [3.8, 4) is 0 Å². The molecule has 1 aliphatic heterocycles. The monoisotopic (exact) mass is 244 g/mol. The summed E-state index contributed by atoms with van der Waals surface area (Å²) in [5, 5.41) is 0.667. The van der Waals surface area contributed by atoms with Gasteiger partial charge in [-0.15, -0.1) is 0 Å². The Kier molecular flexibility index (Phi) is 2.70. The van der Waals surface area contributed by atoms with E-state index in [1.165, 1.54) is 12.1 Å². The fourth-order valence-corrected chi connectivity index (χ4v) is 2.42. The second kappa shape index (κ2) is 4.37. The summed E-state index contributed by atoms with van der Waals surface area (Å²) >= 11 is 0. The highest BCUT2D eigenvalue weighted by Crippen LogP contribution is 2.25. The molecule has 0 N–H and O–H groups in total. The number of hydrogen-bond donors (Lipinski definition) is 0. The van der Waals surface area contributed by atoms with Crippen LogP contribution >= 0.6 is 0 Å². The third kappa shape index (κ3) is 1.83. The average molecular weight is 244 g/mol. The fraction of sp³-hybridized carbons (Fsp3) is 0.286. The Morgan fingerprint density at radius 2 is 2.00 bits per heavy atom. The lowest BCUT2D eigenvalue weighted by molar-refractivity contribution is 0.112. The Bertz CT molecular complexity index is 606. The molecule has 2 heterocycles. The third-order valence-electron chi connectivity index (χ3n) is 3.32. The second-order valence-electron chi connectivity index (χ2n) is 4.55. The molecule has 1 aromatic carbocycles. The largest absolute Gasteiger partial charge is 0.356 e. The highest BCUT2D eigenvalue weighted by molar-refractivity contribution is 5.91. The van der Waals surface area contributed by atoms with Gasteiger partial charge in [0.1, 0.15) is 11.6 Å². The molecule has 92 valence electrons. The summed E-state index contributed by atoms with van der Waals surface area (Å²) < 4.78 is 13.1. The average Bonchev–Trinajstić information content (AvgIpc) is 2.90. The molecular weight excluding hydrogens is 231 g/mol. The smallest absolute Gasteiger partial charge is 0.153 e. The van der Waals surface area contributed by atoms with Gasteiger partial charge in [-0.3, -0.25) is 4.79 Å². The van der Waals surface area contributed by atoms with Crippen molar-refractivity contribution in [2.24, 2.45) is 0 Å². The predicted molar refractivity (Wildman–Crippen MR) is 68.5 cm³/mol. The van der Waals surface area contributed by atoms with E-state index >= 15 is 0 Å². The molecule has 4 heteroatoms. The number of pyridine rings is 1. The number of aldehydes is 1. The molecule has 2 aromatic rings. The molecule has 1 aromatic heterocycles. The number of aromatic nitrogens is 1. The molecule has 0 unspecified atom stereocenters. The van der Waals surface area contributed by atoms with Crippen molar-refractivity contribution in [1.82, 2.24) is 4.98 Å². The lowest BCUT2D eigenvalue weighted by Gasteiger charge is -2.18. The van der Waals surface area contributed by atoms with Crippen LogP contribution in [0.25, 0.3) is 10.9 Å². The summed E-state index contributed by atoms with van der Waals surface area (Å²) in [5.41, 5.74) is 1.26. The van der Waals surface area contributed by atoms with E-state index < -0.39 is 0 Å². The van der Waals surface area contributed by atoms with E-state index in [9.17, 15) is 9.18 Å². The summed E-state index contributed by atoms with van der Waals surface area (Å²) in [7, 11) is 0. The number of fused-ring (bicyclic) bond motifs is 1. The summed E-state index contributed by atoms with van der Waals surface area (Å²) in [5.74, 6) is 0.414. The van der Waals surface area contributed by atoms with Crippen molar-refractivity contribution in [2.75, 3.05) is 18.0 Å². The minimum Gasteiger partial charge on any atom is -0.356 e. The van der Waals surface area contributed by atoms with Crippen LogP contribution in [0.3, 0.4) is 0 Å². The van der Waals surface area contributed by atoms with Gasteiger partial charge in [-0.1, -0.05) is 0 Å². The van der Waals surface area contributed by atoms with Gasteiger partial charge in [-0.25, -0.2) is 9.37 Å². The molecular formula is C14H13FN2O. The summed E-state index contributed by atoms with van der Waals surface area (Å²) in [6.45, 7) is 1.86. The molecule has 0 saturated carbocycles. The van der Waals surface area contributed by atoms with Crippen LogP contribution in [-0.4, -0.2) is 24.4 Å². The van der Waals surface area contributed by atoms with E-state index in [2.05, 4.69) is 9.88 Å². The predicted octanol–water partition coefficient (Wildman–Crippen LogP) is 2.79. The Balaban J connectivity index is 2.17. The lowest BCUT2D eigenvalue weighted by Crippen LogP contribution is -2.20. The van der Waals surface area contributed by atoms with Crippen LogP contribution in [0.2, 0.25) is 0 Å². The minimum atomic E-state index is -0.310. The number of hydrogen-bond acceptors (Lipinski definition) is 3. The summed E-state index contributed by atoms with van der Waals surface area (Å²) in [4.78, 5) is 17.8. The fourth-order valence-electron chi connectivity index (χ4n) is 2.42. The van der Waals surface area contributed by atoms with E-state index in [1.54, 1.807) is 12.1 Å². The van der Waals surface area contributed by atoms with Crippen molar-refractivity contribution in [3.63, 3.8) is 0 Å². The zero-order valence-corrected chi connectivity index (χ0v) is 9.90. The van der Waals surface area contributed by atoms with Crippen LogP contribution in [0.1, 0.15) is 23.2 Å². The molecule has 1 saturated heterocycles. The number of anilines is 1. The summed E-state index contributed by atoms with van der Waals surface area (Å²) in [6.07, 6.45) is 3.05. The van der Waals surface area contributed by atoms with Gasteiger partial charge in [0, 0.05) is 18.5 Å². The zero-order chi connectivity index (χ0) is 12.5. The number of carbonyl (C=O) groups is 1. The minimum absolute atomic E-state index is 0.310. The molecule has 0 atom stereocenters. The molecule has 0 bridgehead atoms. The maximum atomic E-state index is 13.1. The van der Waals surface area contributed by atoms with Gasteiger partial charge in [0.15, 0.2) is 6.29 Å². The first kappa shape index (κ1) is 11.1. The van der Waals surface area contributed by atoms with Crippen molar-refractivity contribution in [3.05, 3.63) is 35.6 Å². The molecule has 0 radical (unpaired) electrons. The van der Waals surface area contributed by atoms with Crippen molar-refractivity contribution >= 4 is 23.0 Å². The molecule has 0 aliphatic carbocycles. The number of nitrogens with zero attached hydrogens (tertiary/aromatic N) is 2. The highest BCUT2D eigenvalue weighted by Gasteiger charge is 2.17. The standard InChI is InChI=1S/C14H13FN2O/c15-12-3-4-13-10(8-12)7-11(9-18)14(16-13)17-5-1-2-6-17/h3-4,7-9H,1-2,5-6H2. The normalized spacial score (nSPS) is 15.3. The molecule has 3 rings (SSSR count). The molecule has 18 heavy (non-hydrogen) atoms. The van der Waals surface area contributed by atoms with E-state index in [1.807, 2.05) is 0 Å². The van der Waals surface area contributed by atoms with Crippen LogP contribution in [0.5, 0.6) is 0 Å². The Morgan fingerprint density at radius 1 is 1.22 bits per heavy atom. The summed E-state index contributed by atoms with van der Waals surface area (Å²) in [6, 6.07) is 6.16. The van der Waals surface area contributed by atoms with Crippen LogP contribution < -0.4 is 4.90 Å². The van der Waals surface area contributed by atoms with E-state index in [4.69, 9.17) is 0 Å². The zero-order valence-electron chi connectivity index (χ0n) is 9.90. The quantitative estimate of drug-likeness (QED) is 0.762. The lowest BCUT2D eigenvalue weighted by atomic mass is 10.1. The second-order valence-corrected chi connectivity index (χ2v) is 4.55. The third-order valence-corrected chi connectivity index (χ3v) is 3.32. The first-order chi connectivity index (χ1) is 8.78. The first-order valence-electron chi connectivity index (χ1n) is 6.08. The number of halogens is 1. The maximum Gasteiger partial charge on any atom is 0.153 e. The highest BCUT2D eigenvalue weighted by atomic mass is 19.1. The molecule has 1 fully saturated rings. The van der Waals surface area contributed by atoms with E-state index in [0.29, 0.717) is 10.9 Å². The van der Waals surface area contributed by atoms with Crippen LogP contribution in [0.4, 0.5) is 10.2 Å². The van der Waals surface area contributed by atoms with Gasteiger partial charge in [-0.05, 0) is 37.1 Å². The van der Waals surface area contributed by atoms with Gasteiger partial charge in [0.2, 0.25) is 0 Å². The Morgan fingerprint density at radius 3 is 2.72 bits per heavy atom. The Hall–Kier alpha value is -1.97. The van der Waals surface area contributed by atoms with Crippen molar-refractivity contribution in [1.29, 1.82) is 0 Å².